The van der Waals surface area contributed by atoms with Gasteiger partial charge in [-0.05, 0) is 48.9 Å². The third-order valence-electron chi connectivity index (χ3n) is 4.11. The number of hydrogen-bond acceptors (Lipinski definition) is 3. The quantitative estimate of drug-likeness (QED) is 0.774. The van der Waals surface area contributed by atoms with Crippen molar-refractivity contribution in [3.8, 4) is 0 Å². The highest BCUT2D eigenvalue weighted by Gasteiger charge is 2.20. The first kappa shape index (κ1) is 16.8. The van der Waals surface area contributed by atoms with Gasteiger partial charge in [-0.3, -0.25) is 0 Å². The first-order chi connectivity index (χ1) is 10.1. The van der Waals surface area contributed by atoms with Gasteiger partial charge >= 0.3 is 0 Å². The van der Waals surface area contributed by atoms with Crippen LogP contribution in [0.3, 0.4) is 0 Å². The number of rotatable bonds is 8. The molecule has 0 aliphatic heterocycles. The zero-order chi connectivity index (χ0) is 15.1. The Morgan fingerprint density at radius 2 is 2.10 bits per heavy atom. The Morgan fingerprint density at radius 1 is 1.33 bits per heavy atom. The first-order valence-corrected chi connectivity index (χ1v) is 8.22. The Morgan fingerprint density at radius 3 is 2.76 bits per heavy atom. The Kier molecular flexibility index (Phi) is 6.97. The molecule has 1 aromatic rings. The lowest BCUT2D eigenvalue weighted by Crippen LogP contribution is -2.33. The molecular formula is C17H26ClNO2. The van der Waals surface area contributed by atoms with Crippen molar-refractivity contribution in [2.75, 3.05) is 19.7 Å². The fourth-order valence-corrected chi connectivity index (χ4v) is 3.04. The van der Waals surface area contributed by atoms with E-state index in [1.807, 2.05) is 24.3 Å². The molecule has 0 aromatic heterocycles. The summed E-state index contributed by atoms with van der Waals surface area (Å²) in [6.07, 6.45) is 3.53. The van der Waals surface area contributed by atoms with Crippen molar-refractivity contribution < 1.29 is 9.84 Å². The van der Waals surface area contributed by atoms with E-state index in [1.54, 1.807) is 0 Å². The second kappa shape index (κ2) is 8.74. The number of ether oxygens (including phenoxy) is 1. The van der Waals surface area contributed by atoms with E-state index in [4.69, 9.17) is 16.3 Å². The van der Waals surface area contributed by atoms with Gasteiger partial charge in [0.05, 0.1) is 19.3 Å². The molecule has 1 aliphatic rings. The predicted octanol–water partition coefficient (Wildman–Crippen LogP) is 3.24. The average Bonchev–Trinajstić information content (AvgIpc) is 2.87. The maximum absolute atomic E-state index is 9.89. The van der Waals surface area contributed by atoms with Crippen LogP contribution >= 0.6 is 11.6 Å². The van der Waals surface area contributed by atoms with Gasteiger partial charge in [-0.15, -0.1) is 0 Å². The summed E-state index contributed by atoms with van der Waals surface area (Å²) in [6, 6.07) is 7.57. The van der Waals surface area contributed by atoms with Crippen LogP contribution in [0.4, 0.5) is 0 Å². The van der Waals surface area contributed by atoms with Crippen molar-refractivity contribution in [1.82, 2.24) is 5.32 Å². The second-order valence-corrected chi connectivity index (χ2v) is 6.67. The van der Waals surface area contributed by atoms with E-state index in [-0.39, 0.29) is 0 Å². The van der Waals surface area contributed by atoms with E-state index < -0.39 is 6.10 Å². The van der Waals surface area contributed by atoms with Crippen LogP contribution in [-0.2, 0) is 11.3 Å². The van der Waals surface area contributed by atoms with Gasteiger partial charge in [0.15, 0.2) is 0 Å². The molecule has 0 amide bonds. The third-order valence-corrected chi connectivity index (χ3v) is 4.36. The molecule has 1 fully saturated rings. The Hall–Kier alpha value is -0.610. The minimum atomic E-state index is -0.448. The molecule has 2 N–H and O–H groups in total. The van der Waals surface area contributed by atoms with Crippen molar-refractivity contribution in [3.63, 3.8) is 0 Å². The van der Waals surface area contributed by atoms with Crippen LogP contribution in [0.2, 0.25) is 5.02 Å². The number of benzene rings is 1. The van der Waals surface area contributed by atoms with Crippen LogP contribution in [-0.4, -0.2) is 30.9 Å². The molecule has 118 valence electrons. The summed E-state index contributed by atoms with van der Waals surface area (Å²) in [5.74, 6) is 1.65. The monoisotopic (exact) mass is 311 g/mol. The molecule has 0 heterocycles. The molecule has 1 aliphatic carbocycles. The predicted molar refractivity (Wildman–Crippen MR) is 86.5 cm³/mol. The molecule has 1 aromatic carbocycles. The Bertz CT molecular complexity index is 410. The molecule has 4 heteroatoms. The van der Waals surface area contributed by atoms with E-state index in [2.05, 4.69) is 12.2 Å². The number of aliphatic hydroxyl groups is 1. The van der Waals surface area contributed by atoms with Crippen LogP contribution in [0.15, 0.2) is 24.3 Å². The molecule has 0 bridgehead atoms. The number of halogens is 1. The van der Waals surface area contributed by atoms with E-state index in [9.17, 15) is 5.11 Å². The molecule has 0 radical (unpaired) electrons. The first-order valence-electron chi connectivity index (χ1n) is 7.84. The van der Waals surface area contributed by atoms with E-state index in [0.717, 1.165) is 29.0 Å². The van der Waals surface area contributed by atoms with Gasteiger partial charge in [0.25, 0.3) is 0 Å². The normalized spacial score (nSPS) is 23.4. The number of nitrogens with one attached hydrogen (secondary N) is 1. The summed E-state index contributed by atoms with van der Waals surface area (Å²) < 4.78 is 5.53. The molecule has 1 saturated carbocycles. The van der Waals surface area contributed by atoms with Crippen LogP contribution in [0.1, 0.15) is 31.7 Å². The SMILES string of the molecule is CC1CCC(CNCC(O)COCc2ccc(Cl)cc2)C1. The fraction of sp³-hybridized carbons (Fsp3) is 0.647. The van der Waals surface area contributed by atoms with Crippen LogP contribution in [0, 0.1) is 11.8 Å². The van der Waals surface area contributed by atoms with Crippen LogP contribution in [0.5, 0.6) is 0 Å². The van der Waals surface area contributed by atoms with Crippen LogP contribution < -0.4 is 5.32 Å². The van der Waals surface area contributed by atoms with Gasteiger partial charge in [-0.25, -0.2) is 0 Å². The molecule has 21 heavy (non-hydrogen) atoms. The van der Waals surface area contributed by atoms with E-state index in [1.165, 1.54) is 19.3 Å². The summed E-state index contributed by atoms with van der Waals surface area (Å²) >= 11 is 5.83. The molecule has 2 rings (SSSR count). The smallest absolute Gasteiger partial charge is 0.0897 e. The number of hydrogen-bond donors (Lipinski definition) is 2. The largest absolute Gasteiger partial charge is 0.389 e. The van der Waals surface area contributed by atoms with Crippen LogP contribution in [0.25, 0.3) is 0 Å². The Balaban J connectivity index is 1.53. The average molecular weight is 312 g/mol. The van der Waals surface area contributed by atoms with Gasteiger partial charge < -0.3 is 15.2 Å². The van der Waals surface area contributed by atoms with Crippen molar-refractivity contribution in [3.05, 3.63) is 34.9 Å². The summed E-state index contributed by atoms with van der Waals surface area (Å²) in [7, 11) is 0. The molecule has 3 unspecified atom stereocenters. The fourth-order valence-electron chi connectivity index (χ4n) is 2.92. The van der Waals surface area contributed by atoms with Gasteiger partial charge in [0, 0.05) is 11.6 Å². The summed E-state index contributed by atoms with van der Waals surface area (Å²) in [6.45, 7) is 4.80. The lowest BCUT2D eigenvalue weighted by Gasteiger charge is -2.15. The Labute approximate surface area is 132 Å². The van der Waals surface area contributed by atoms with Crippen molar-refractivity contribution >= 4 is 11.6 Å². The minimum Gasteiger partial charge on any atom is -0.389 e. The zero-order valence-corrected chi connectivity index (χ0v) is 13.5. The van der Waals surface area contributed by atoms with E-state index >= 15 is 0 Å². The van der Waals surface area contributed by atoms with Crippen molar-refractivity contribution in [2.45, 2.75) is 38.9 Å². The van der Waals surface area contributed by atoms with Gasteiger partial charge in [-0.2, -0.15) is 0 Å². The zero-order valence-electron chi connectivity index (χ0n) is 12.7. The lowest BCUT2D eigenvalue weighted by molar-refractivity contribution is 0.0285. The van der Waals surface area contributed by atoms with Gasteiger partial charge in [0.2, 0.25) is 0 Å². The summed E-state index contributed by atoms with van der Waals surface area (Å²) in [5.41, 5.74) is 1.07. The molecule has 3 atom stereocenters. The number of aliphatic hydroxyl groups excluding tert-OH is 1. The topological polar surface area (TPSA) is 41.5 Å². The maximum atomic E-state index is 9.89. The summed E-state index contributed by atoms with van der Waals surface area (Å²) in [4.78, 5) is 0. The molecule has 0 spiro atoms. The van der Waals surface area contributed by atoms with E-state index in [0.29, 0.717) is 19.8 Å². The third kappa shape index (κ3) is 6.35. The highest BCUT2D eigenvalue weighted by molar-refractivity contribution is 6.30. The highest BCUT2D eigenvalue weighted by Crippen LogP contribution is 2.29. The molecule has 3 nitrogen and oxygen atoms in total. The highest BCUT2D eigenvalue weighted by atomic mass is 35.5. The molecule has 0 saturated heterocycles. The van der Waals surface area contributed by atoms with Crippen molar-refractivity contribution in [1.29, 1.82) is 0 Å². The van der Waals surface area contributed by atoms with Gasteiger partial charge in [0.1, 0.15) is 0 Å². The molecular weight excluding hydrogens is 286 g/mol. The lowest BCUT2D eigenvalue weighted by atomic mass is 10.1. The maximum Gasteiger partial charge on any atom is 0.0897 e. The standard InChI is InChI=1S/C17H26ClNO2/c1-13-2-3-15(8-13)9-19-10-17(20)12-21-11-14-4-6-16(18)7-5-14/h4-7,13,15,17,19-20H,2-3,8-12H2,1H3. The van der Waals surface area contributed by atoms with Gasteiger partial charge in [-0.1, -0.05) is 37.1 Å². The second-order valence-electron chi connectivity index (χ2n) is 6.24. The summed E-state index contributed by atoms with van der Waals surface area (Å²) in [5, 5.41) is 14.0. The minimum absolute atomic E-state index is 0.358. The van der Waals surface area contributed by atoms with Crippen molar-refractivity contribution in [2.24, 2.45) is 11.8 Å².